The molecule has 19 nitrogen and oxygen atoms in total. The molecule has 17 atom stereocenters. The summed E-state index contributed by atoms with van der Waals surface area (Å²) in [7, 11) is 0. The topological polar surface area (TPSA) is 307 Å². The Hall–Kier alpha value is -2.25. The van der Waals surface area contributed by atoms with E-state index in [0.29, 0.717) is 19.3 Å². The highest BCUT2D eigenvalue weighted by molar-refractivity contribution is 5.76. The largest absolute Gasteiger partial charge is 0.394 e. The first kappa shape index (κ1) is 68.0. The minimum absolute atomic E-state index is 0.255. The van der Waals surface area contributed by atoms with E-state index in [4.69, 9.17) is 28.4 Å². The fraction of sp³-hybridized carbons (Fsp3) is 0.842. The molecule has 3 saturated heterocycles. The van der Waals surface area contributed by atoms with Gasteiger partial charge < -0.3 is 89.9 Å². The van der Waals surface area contributed by atoms with Crippen LogP contribution in [0.15, 0.2) is 48.6 Å². The molecule has 3 heterocycles. The van der Waals surface area contributed by atoms with Gasteiger partial charge in [0.05, 0.1) is 38.6 Å². The molecule has 3 aliphatic heterocycles. The average molecular weight is 1090 g/mol. The predicted octanol–water partition coefficient (Wildman–Crippen LogP) is 4.31. The first-order valence-corrected chi connectivity index (χ1v) is 28.9. The summed E-state index contributed by atoms with van der Waals surface area (Å²) in [6.45, 7) is 1.52. The minimum Gasteiger partial charge on any atom is -0.394 e. The number of unbranched alkanes of at least 4 members (excludes halogenated alkanes) is 17. The Morgan fingerprint density at radius 3 is 1.41 bits per heavy atom. The van der Waals surface area contributed by atoms with Gasteiger partial charge in [-0.05, 0) is 51.4 Å². The number of amides is 1. The fourth-order valence-electron chi connectivity index (χ4n) is 9.66. The summed E-state index contributed by atoms with van der Waals surface area (Å²) in [5.74, 6) is -0.255. The third-order valence-electron chi connectivity index (χ3n) is 14.4. The lowest BCUT2D eigenvalue weighted by atomic mass is 9.96. The highest BCUT2D eigenvalue weighted by atomic mass is 16.8. The Morgan fingerprint density at radius 1 is 0.487 bits per heavy atom. The highest BCUT2D eigenvalue weighted by Crippen LogP contribution is 2.33. The SMILES string of the molecule is CC/C=C\C/C=C\C/C=C\C/C=C\CCCCCCCCCCCCCCCCC(=O)NC(COC1OC(CO)C(OC2OC(CO)C(OC3OC(CO)C(O)C(O)C3O)C(O)C2O)C(O)C1O)C(O)CCCCCC. The lowest BCUT2D eigenvalue weighted by Gasteiger charge is -2.48. The summed E-state index contributed by atoms with van der Waals surface area (Å²) >= 11 is 0. The van der Waals surface area contributed by atoms with Crippen molar-refractivity contribution >= 4 is 5.91 Å². The maximum atomic E-state index is 13.2. The first-order valence-electron chi connectivity index (χ1n) is 28.9. The molecule has 0 bridgehead atoms. The van der Waals surface area contributed by atoms with Crippen LogP contribution in [-0.4, -0.2) is 193 Å². The second-order valence-corrected chi connectivity index (χ2v) is 20.7. The molecule has 76 heavy (non-hydrogen) atoms. The number of nitrogens with one attached hydrogen (secondary N) is 1. The van der Waals surface area contributed by atoms with Crippen LogP contribution in [0, 0.1) is 0 Å². The van der Waals surface area contributed by atoms with E-state index in [0.717, 1.165) is 64.2 Å². The summed E-state index contributed by atoms with van der Waals surface area (Å²) in [6, 6.07) is -0.883. The average Bonchev–Trinajstić information content (AvgIpc) is 3.42. The molecular formula is C57H101NO18. The van der Waals surface area contributed by atoms with E-state index in [2.05, 4.69) is 67.8 Å². The van der Waals surface area contributed by atoms with Crippen LogP contribution in [-0.2, 0) is 33.2 Å². The molecule has 3 rings (SSSR count). The van der Waals surface area contributed by atoms with Crippen LogP contribution in [0.3, 0.4) is 0 Å². The summed E-state index contributed by atoms with van der Waals surface area (Å²) in [5.41, 5.74) is 0. The van der Waals surface area contributed by atoms with Crippen LogP contribution in [0.25, 0.3) is 0 Å². The molecule has 0 saturated carbocycles. The molecule has 3 aliphatic rings. The number of rotatable bonds is 41. The van der Waals surface area contributed by atoms with E-state index in [-0.39, 0.29) is 18.9 Å². The van der Waals surface area contributed by atoms with Gasteiger partial charge in [-0.15, -0.1) is 0 Å². The van der Waals surface area contributed by atoms with Crippen molar-refractivity contribution in [1.29, 1.82) is 0 Å². The van der Waals surface area contributed by atoms with Crippen molar-refractivity contribution in [2.75, 3.05) is 26.4 Å². The van der Waals surface area contributed by atoms with Gasteiger partial charge in [0.25, 0.3) is 0 Å². The number of aliphatic hydroxyl groups is 11. The summed E-state index contributed by atoms with van der Waals surface area (Å²) in [6.07, 6.45) is 17.4. The Labute approximate surface area is 453 Å². The third-order valence-corrected chi connectivity index (χ3v) is 14.4. The van der Waals surface area contributed by atoms with Crippen molar-refractivity contribution in [2.24, 2.45) is 0 Å². The summed E-state index contributed by atoms with van der Waals surface area (Å²) in [4.78, 5) is 13.2. The van der Waals surface area contributed by atoms with E-state index < -0.39 is 124 Å². The van der Waals surface area contributed by atoms with Crippen molar-refractivity contribution in [3.8, 4) is 0 Å². The van der Waals surface area contributed by atoms with Gasteiger partial charge in [-0.1, -0.05) is 165 Å². The normalized spacial score (nSPS) is 31.3. The zero-order valence-electron chi connectivity index (χ0n) is 45.7. The molecule has 0 aliphatic carbocycles. The zero-order chi connectivity index (χ0) is 55.5. The van der Waals surface area contributed by atoms with Crippen molar-refractivity contribution < 1.29 is 89.4 Å². The molecule has 0 aromatic rings. The number of hydrogen-bond donors (Lipinski definition) is 12. The quantitative estimate of drug-likeness (QED) is 0.0300. The van der Waals surface area contributed by atoms with Crippen molar-refractivity contribution in [3.05, 3.63) is 48.6 Å². The standard InChI is InChI=1S/C57H101NO18/c1-3-5-7-9-10-11-12-13-14-15-16-17-18-19-20-21-22-23-24-25-26-27-28-29-30-31-33-35-45(63)58-40(41(62)34-32-8-6-4-2)39-71-55-51(69)48(66)53(43(37-60)73-55)76-57-52(70)49(67)54(44(38-61)74-57)75-56-50(68)47(65)46(64)42(36-59)72-56/h5,7,10-11,13-14,16-17,40-44,46-57,59-62,64-70H,3-4,6,8-9,12,15,18-39H2,1-2H3,(H,58,63)/b7-5-,11-10-,14-13-,17-16-. The Balaban J connectivity index is 1.34. The van der Waals surface area contributed by atoms with Crippen LogP contribution in [0.2, 0.25) is 0 Å². The third kappa shape index (κ3) is 25.0. The van der Waals surface area contributed by atoms with Crippen LogP contribution in [0.1, 0.15) is 174 Å². The maximum Gasteiger partial charge on any atom is 0.220 e. The van der Waals surface area contributed by atoms with Gasteiger partial charge in [0.15, 0.2) is 18.9 Å². The van der Waals surface area contributed by atoms with Crippen LogP contribution < -0.4 is 5.32 Å². The Kier molecular flexibility index (Phi) is 36.6. The number of allylic oxidation sites excluding steroid dienone is 8. The van der Waals surface area contributed by atoms with Gasteiger partial charge in [-0.2, -0.15) is 0 Å². The van der Waals surface area contributed by atoms with Crippen LogP contribution in [0.5, 0.6) is 0 Å². The molecule has 17 unspecified atom stereocenters. The second-order valence-electron chi connectivity index (χ2n) is 20.7. The lowest BCUT2D eigenvalue weighted by molar-refractivity contribution is -0.379. The van der Waals surface area contributed by atoms with Gasteiger partial charge in [0, 0.05) is 6.42 Å². The minimum atomic E-state index is -1.97. The van der Waals surface area contributed by atoms with E-state index in [1.54, 1.807) is 0 Å². The molecule has 19 heteroatoms. The number of carbonyl (C=O) groups is 1. The predicted molar refractivity (Wildman–Crippen MR) is 286 cm³/mol. The second kappa shape index (κ2) is 40.9. The Bertz CT molecular complexity index is 1580. The van der Waals surface area contributed by atoms with Gasteiger partial charge in [-0.3, -0.25) is 4.79 Å². The molecular weight excluding hydrogens is 987 g/mol. The van der Waals surface area contributed by atoms with Gasteiger partial charge in [-0.25, -0.2) is 0 Å². The summed E-state index contributed by atoms with van der Waals surface area (Å²) in [5, 5.41) is 119. The summed E-state index contributed by atoms with van der Waals surface area (Å²) < 4.78 is 34.1. The maximum absolute atomic E-state index is 13.2. The molecule has 1 amide bonds. The van der Waals surface area contributed by atoms with E-state index in [1.165, 1.54) is 70.6 Å². The molecule has 0 aromatic carbocycles. The number of aliphatic hydroxyl groups excluding tert-OH is 11. The van der Waals surface area contributed by atoms with Gasteiger partial charge in [0.2, 0.25) is 5.91 Å². The Morgan fingerprint density at radius 2 is 0.908 bits per heavy atom. The molecule has 0 aromatic heterocycles. The first-order chi connectivity index (χ1) is 36.8. The monoisotopic (exact) mass is 1090 g/mol. The number of ether oxygens (including phenoxy) is 6. The van der Waals surface area contributed by atoms with E-state index in [1.807, 2.05) is 0 Å². The lowest BCUT2D eigenvalue weighted by Crippen LogP contribution is -2.66. The van der Waals surface area contributed by atoms with Gasteiger partial charge >= 0.3 is 0 Å². The van der Waals surface area contributed by atoms with Crippen molar-refractivity contribution in [2.45, 2.75) is 279 Å². The molecule has 12 N–H and O–H groups in total. The molecule has 3 fully saturated rings. The zero-order valence-corrected chi connectivity index (χ0v) is 45.7. The van der Waals surface area contributed by atoms with E-state index >= 15 is 0 Å². The highest BCUT2D eigenvalue weighted by Gasteiger charge is 2.53. The number of hydrogen-bond acceptors (Lipinski definition) is 18. The van der Waals surface area contributed by atoms with Crippen molar-refractivity contribution in [3.63, 3.8) is 0 Å². The van der Waals surface area contributed by atoms with Gasteiger partial charge in [0.1, 0.15) is 73.2 Å². The molecule has 442 valence electrons. The fourth-order valence-corrected chi connectivity index (χ4v) is 9.66. The van der Waals surface area contributed by atoms with E-state index in [9.17, 15) is 61.0 Å². The van der Waals surface area contributed by atoms with Crippen LogP contribution >= 0.6 is 0 Å². The number of carbonyl (C=O) groups excluding carboxylic acids is 1. The smallest absolute Gasteiger partial charge is 0.220 e. The van der Waals surface area contributed by atoms with Crippen molar-refractivity contribution in [1.82, 2.24) is 5.32 Å². The van der Waals surface area contributed by atoms with Crippen LogP contribution in [0.4, 0.5) is 0 Å². The molecule has 0 radical (unpaired) electrons. The molecule has 0 spiro atoms.